The third-order valence-corrected chi connectivity index (χ3v) is 2.97. The minimum atomic E-state index is 0.270. The molecule has 0 spiro atoms. The van der Waals surface area contributed by atoms with E-state index in [2.05, 4.69) is 18.9 Å². The molecule has 0 aliphatic heterocycles. The molecule has 5 nitrogen and oxygen atoms in total. The molecule has 0 rings (SSSR count). The molecule has 0 bridgehead atoms. The van der Waals surface area contributed by atoms with Crippen LogP contribution in [0.4, 0.5) is 0 Å². The van der Waals surface area contributed by atoms with Crippen LogP contribution in [0, 0.1) is 0 Å². The SMILES string of the molecule is CCCCOCCOCCOCCN(C)CCC(C)N. The second kappa shape index (κ2) is 15.2. The quantitative estimate of drug-likeness (QED) is 0.463. The minimum absolute atomic E-state index is 0.270. The molecule has 122 valence electrons. The third-order valence-electron chi connectivity index (χ3n) is 2.97. The molecule has 0 aliphatic carbocycles. The first-order chi connectivity index (χ1) is 9.66. The number of nitrogens with zero attached hydrogens (tertiary/aromatic N) is 1. The summed E-state index contributed by atoms with van der Waals surface area (Å²) in [6, 6.07) is 0.270. The first-order valence-electron chi connectivity index (χ1n) is 7.84. The van der Waals surface area contributed by atoms with E-state index >= 15 is 0 Å². The van der Waals surface area contributed by atoms with E-state index in [-0.39, 0.29) is 6.04 Å². The van der Waals surface area contributed by atoms with Gasteiger partial charge in [0.2, 0.25) is 0 Å². The molecule has 0 aromatic carbocycles. The normalized spacial score (nSPS) is 13.1. The summed E-state index contributed by atoms with van der Waals surface area (Å²) >= 11 is 0. The van der Waals surface area contributed by atoms with Crippen molar-refractivity contribution in [1.82, 2.24) is 4.90 Å². The van der Waals surface area contributed by atoms with Gasteiger partial charge in [0, 0.05) is 19.2 Å². The largest absolute Gasteiger partial charge is 0.379 e. The zero-order valence-corrected chi connectivity index (χ0v) is 13.6. The lowest BCUT2D eigenvalue weighted by molar-refractivity contribution is 0.0111. The first kappa shape index (κ1) is 19.8. The second-order valence-corrected chi connectivity index (χ2v) is 5.26. The van der Waals surface area contributed by atoms with Crippen molar-refractivity contribution < 1.29 is 14.2 Å². The van der Waals surface area contributed by atoms with Gasteiger partial charge in [0.25, 0.3) is 0 Å². The molecule has 20 heavy (non-hydrogen) atoms. The predicted molar refractivity (Wildman–Crippen MR) is 83.1 cm³/mol. The lowest BCUT2D eigenvalue weighted by Crippen LogP contribution is -2.29. The highest BCUT2D eigenvalue weighted by Gasteiger charge is 2.00. The Morgan fingerprint density at radius 1 is 0.900 bits per heavy atom. The van der Waals surface area contributed by atoms with E-state index < -0.39 is 0 Å². The van der Waals surface area contributed by atoms with Gasteiger partial charge in [0.1, 0.15) is 0 Å². The number of nitrogens with two attached hydrogens (primary N) is 1. The van der Waals surface area contributed by atoms with Gasteiger partial charge in [-0.3, -0.25) is 0 Å². The van der Waals surface area contributed by atoms with Gasteiger partial charge in [-0.2, -0.15) is 0 Å². The Bertz CT molecular complexity index is 192. The van der Waals surface area contributed by atoms with Gasteiger partial charge in [-0.25, -0.2) is 0 Å². The smallest absolute Gasteiger partial charge is 0.0701 e. The van der Waals surface area contributed by atoms with Gasteiger partial charge >= 0.3 is 0 Å². The lowest BCUT2D eigenvalue weighted by atomic mass is 10.2. The van der Waals surface area contributed by atoms with Gasteiger partial charge in [0.15, 0.2) is 0 Å². The summed E-state index contributed by atoms with van der Waals surface area (Å²) in [4.78, 5) is 2.24. The molecule has 1 atom stereocenters. The highest BCUT2D eigenvalue weighted by Crippen LogP contribution is 1.91. The fourth-order valence-corrected chi connectivity index (χ4v) is 1.54. The highest BCUT2D eigenvalue weighted by atomic mass is 16.5. The molecule has 0 fully saturated rings. The van der Waals surface area contributed by atoms with Crippen LogP contribution in [-0.4, -0.2) is 70.7 Å². The van der Waals surface area contributed by atoms with Crippen LogP contribution in [0.1, 0.15) is 33.1 Å². The van der Waals surface area contributed by atoms with Gasteiger partial charge in [-0.15, -0.1) is 0 Å². The van der Waals surface area contributed by atoms with E-state index in [9.17, 15) is 0 Å². The molecule has 0 heterocycles. The van der Waals surface area contributed by atoms with Gasteiger partial charge in [-0.1, -0.05) is 13.3 Å². The maximum Gasteiger partial charge on any atom is 0.0701 e. The molecule has 2 N–H and O–H groups in total. The Hall–Kier alpha value is -0.200. The van der Waals surface area contributed by atoms with Gasteiger partial charge in [0.05, 0.1) is 33.0 Å². The highest BCUT2D eigenvalue weighted by molar-refractivity contribution is 4.57. The molecule has 0 saturated heterocycles. The summed E-state index contributed by atoms with van der Waals surface area (Å²) in [7, 11) is 2.09. The third kappa shape index (κ3) is 15.9. The molecule has 0 aromatic heterocycles. The minimum Gasteiger partial charge on any atom is -0.379 e. The zero-order valence-electron chi connectivity index (χ0n) is 13.6. The Labute approximate surface area is 124 Å². The van der Waals surface area contributed by atoms with Crippen molar-refractivity contribution in [2.75, 3.05) is 59.8 Å². The first-order valence-corrected chi connectivity index (χ1v) is 7.84. The zero-order chi connectivity index (χ0) is 15.1. The number of hydrogen-bond donors (Lipinski definition) is 1. The molecule has 0 radical (unpaired) electrons. The molecule has 0 aromatic rings. The van der Waals surface area contributed by atoms with Crippen LogP contribution in [0.25, 0.3) is 0 Å². The topological polar surface area (TPSA) is 57.0 Å². The van der Waals surface area contributed by atoms with Crippen LogP contribution in [0.2, 0.25) is 0 Å². The average molecular weight is 290 g/mol. The molecular formula is C15H34N2O3. The summed E-state index contributed by atoms with van der Waals surface area (Å²) in [5.74, 6) is 0. The average Bonchev–Trinajstić information content (AvgIpc) is 2.42. The van der Waals surface area contributed by atoms with E-state index in [1.807, 2.05) is 6.92 Å². The van der Waals surface area contributed by atoms with Crippen molar-refractivity contribution in [2.45, 2.75) is 39.2 Å². The standard InChI is InChI=1S/C15H34N2O3/c1-4-5-9-18-11-13-20-14-12-19-10-8-17(3)7-6-15(2)16/h15H,4-14,16H2,1-3H3. The van der Waals surface area contributed by atoms with E-state index in [4.69, 9.17) is 19.9 Å². The Morgan fingerprint density at radius 2 is 1.45 bits per heavy atom. The number of hydrogen-bond acceptors (Lipinski definition) is 5. The maximum atomic E-state index is 5.72. The van der Waals surface area contributed by atoms with E-state index in [1.165, 1.54) is 6.42 Å². The maximum absolute atomic E-state index is 5.72. The van der Waals surface area contributed by atoms with Crippen molar-refractivity contribution in [2.24, 2.45) is 5.73 Å². The molecule has 0 saturated carbocycles. The van der Waals surface area contributed by atoms with E-state index in [1.54, 1.807) is 0 Å². The molecule has 5 heteroatoms. The summed E-state index contributed by atoms with van der Waals surface area (Å²) < 4.78 is 16.3. The predicted octanol–water partition coefficient (Wildman–Crippen LogP) is 1.51. The molecular weight excluding hydrogens is 256 g/mol. The summed E-state index contributed by atoms with van der Waals surface area (Å²) in [6.45, 7) is 10.4. The summed E-state index contributed by atoms with van der Waals surface area (Å²) in [5, 5.41) is 0. The van der Waals surface area contributed by atoms with Crippen molar-refractivity contribution in [1.29, 1.82) is 0 Å². The van der Waals surface area contributed by atoms with Crippen LogP contribution < -0.4 is 5.73 Å². The fourth-order valence-electron chi connectivity index (χ4n) is 1.54. The van der Waals surface area contributed by atoms with Gasteiger partial charge < -0.3 is 24.8 Å². The Kier molecular flexibility index (Phi) is 15.0. The monoisotopic (exact) mass is 290 g/mol. The van der Waals surface area contributed by atoms with Crippen molar-refractivity contribution >= 4 is 0 Å². The van der Waals surface area contributed by atoms with Crippen molar-refractivity contribution in [3.63, 3.8) is 0 Å². The number of likely N-dealkylation sites (N-methyl/N-ethyl adjacent to an activating group) is 1. The lowest BCUT2D eigenvalue weighted by Gasteiger charge is -2.17. The summed E-state index contributed by atoms with van der Waals surface area (Å²) in [6.07, 6.45) is 3.32. The molecule has 0 amide bonds. The number of rotatable bonds is 15. The van der Waals surface area contributed by atoms with Crippen LogP contribution in [0.3, 0.4) is 0 Å². The molecule has 0 aliphatic rings. The van der Waals surface area contributed by atoms with Crippen LogP contribution >= 0.6 is 0 Å². The number of ether oxygens (including phenoxy) is 3. The number of unbranched alkanes of at least 4 members (excludes halogenated alkanes) is 1. The van der Waals surface area contributed by atoms with E-state index in [0.717, 1.165) is 39.1 Å². The van der Waals surface area contributed by atoms with Gasteiger partial charge in [-0.05, 0) is 33.4 Å². The van der Waals surface area contributed by atoms with Crippen molar-refractivity contribution in [3.05, 3.63) is 0 Å². The van der Waals surface area contributed by atoms with Crippen LogP contribution in [0.5, 0.6) is 0 Å². The fraction of sp³-hybridized carbons (Fsp3) is 1.00. The van der Waals surface area contributed by atoms with Crippen LogP contribution in [-0.2, 0) is 14.2 Å². The second-order valence-electron chi connectivity index (χ2n) is 5.26. The Balaban J connectivity index is 3.09. The van der Waals surface area contributed by atoms with Crippen LogP contribution in [0.15, 0.2) is 0 Å². The Morgan fingerprint density at radius 3 is 2.00 bits per heavy atom. The summed E-state index contributed by atoms with van der Waals surface area (Å²) in [5.41, 5.74) is 5.72. The van der Waals surface area contributed by atoms with E-state index in [0.29, 0.717) is 26.4 Å². The van der Waals surface area contributed by atoms with Crippen molar-refractivity contribution in [3.8, 4) is 0 Å². The molecule has 1 unspecified atom stereocenters.